The van der Waals surface area contributed by atoms with Crippen LogP contribution >= 0.6 is 0 Å². The minimum Gasteiger partial charge on any atom is -0.383 e. The number of alkyl halides is 3. The zero-order valence-electron chi connectivity index (χ0n) is 12.6. The second-order valence-corrected chi connectivity index (χ2v) is 5.43. The molecule has 0 saturated heterocycles. The van der Waals surface area contributed by atoms with E-state index >= 15 is 0 Å². The first-order chi connectivity index (χ1) is 10.6. The van der Waals surface area contributed by atoms with E-state index in [1.54, 1.807) is 13.2 Å². The van der Waals surface area contributed by atoms with Crippen molar-refractivity contribution in [1.82, 2.24) is 15.1 Å². The van der Waals surface area contributed by atoms with Gasteiger partial charge in [-0.1, -0.05) is 0 Å². The lowest BCUT2D eigenvalue weighted by Crippen LogP contribution is -2.38. The quantitative estimate of drug-likeness (QED) is 0.903. The van der Waals surface area contributed by atoms with Crippen LogP contribution in [-0.2, 0) is 18.8 Å². The molecule has 0 aliphatic rings. The number of amides is 1. The van der Waals surface area contributed by atoms with E-state index < -0.39 is 23.2 Å². The first kappa shape index (κ1) is 17.0. The van der Waals surface area contributed by atoms with Crippen LogP contribution in [0.2, 0.25) is 0 Å². The van der Waals surface area contributed by atoms with Crippen molar-refractivity contribution in [3.05, 3.63) is 53.3 Å². The Labute approximate surface area is 130 Å². The van der Waals surface area contributed by atoms with Crippen molar-refractivity contribution in [2.45, 2.75) is 18.7 Å². The molecule has 0 aliphatic heterocycles. The van der Waals surface area contributed by atoms with E-state index in [9.17, 15) is 23.1 Å². The average molecular weight is 327 g/mol. The van der Waals surface area contributed by atoms with Crippen LogP contribution in [0, 0.1) is 0 Å². The van der Waals surface area contributed by atoms with Gasteiger partial charge in [0.15, 0.2) is 0 Å². The number of hydrogen-bond donors (Lipinski definition) is 2. The molecular formula is C15H16F3N3O2. The zero-order valence-corrected chi connectivity index (χ0v) is 12.6. The Morgan fingerprint density at radius 3 is 2.35 bits per heavy atom. The van der Waals surface area contributed by atoms with Crippen molar-refractivity contribution >= 4 is 5.91 Å². The normalized spacial score (nSPS) is 14.3. The number of aliphatic hydroxyl groups is 1. The molecular weight excluding hydrogens is 311 g/mol. The number of hydrogen-bond acceptors (Lipinski definition) is 3. The number of nitrogens with zero attached hydrogens (tertiary/aromatic N) is 2. The maximum absolute atomic E-state index is 12.5. The summed E-state index contributed by atoms with van der Waals surface area (Å²) >= 11 is 0. The molecule has 1 atom stereocenters. The summed E-state index contributed by atoms with van der Waals surface area (Å²) in [6, 6.07) is 3.87. The van der Waals surface area contributed by atoms with E-state index in [2.05, 4.69) is 10.4 Å². The summed E-state index contributed by atoms with van der Waals surface area (Å²) in [6.45, 7) is 1.41. The van der Waals surface area contributed by atoms with Crippen molar-refractivity contribution in [2.24, 2.45) is 7.05 Å². The standard InChI is InChI=1S/C15H16F3N3O2/c1-14(23,12-7-20-21(2)8-12)9-19-13(22)10-3-5-11(6-4-10)15(16,17)18/h3-8,23H,9H2,1-2H3,(H,19,22). The van der Waals surface area contributed by atoms with Gasteiger partial charge in [-0.05, 0) is 31.2 Å². The number of carbonyl (C=O) groups excluding carboxylic acids is 1. The summed E-state index contributed by atoms with van der Waals surface area (Å²) in [5.74, 6) is -0.567. The largest absolute Gasteiger partial charge is 0.416 e. The van der Waals surface area contributed by atoms with Crippen LogP contribution in [0.4, 0.5) is 13.2 Å². The van der Waals surface area contributed by atoms with E-state index in [0.29, 0.717) is 5.56 Å². The summed E-state index contributed by atoms with van der Waals surface area (Å²) in [6.07, 6.45) is -1.35. The lowest BCUT2D eigenvalue weighted by atomic mass is 9.99. The number of carbonyl (C=O) groups is 1. The fraction of sp³-hybridized carbons (Fsp3) is 0.333. The highest BCUT2D eigenvalue weighted by molar-refractivity contribution is 5.94. The van der Waals surface area contributed by atoms with E-state index in [1.165, 1.54) is 17.8 Å². The topological polar surface area (TPSA) is 67.2 Å². The van der Waals surface area contributed by atoms with Gasteiger partial charge in [-0.3, -0.25) is 9.48 Å². The van der Waals surface area contributed by atoms with Crippen LogP contribution in [0.1, 0.15) is 28.4 Å². The van der Waals surface area contributed by atoms with E-state index in [1.807, 2.05) is 0 Å². The molecule has 1 heterocycles. The maximum Gasteiger partial charge on any atom is 0.416 e. The van der Waals surface area contributed by atoms with Gasteiger partial charge in [0.25, 0.3) is 5.91 Å². The van der Waals surface area contributed by atoms with Crippen molar-refractivity contribution in [3.8, 4) is 0 Å². The smallest absolute Gasteiger partial charge is 0.383 e. The molecule has 2 aromatic rings. The molecule has 1 unspecified atom stereocenters. The fourth-order valence-electron chi connectivity index (χ4n) is 1.97. The van der Waals surface area contributed by atoms with Gasteiger partial charge < -0.3 is 10.4 Å². The third-order valence-electron chi connectivity index (χ3n) is 3.39. The van der Waals surface area contributed by atoms with Crippen LogP contribution in [0.5, 0.6) is 0 Å². The summed E-state index contributed by atoms with van der Waals surface area (Å²) < 4.78 is 38.9. The van der Waals surface area contributed by atoms with Gasteiger partial charge >= 0.3 is 6.18 Å². The molecule has 1 amide bonds. The Morgan fingerprint density at radius 2 is 1.87 bits per heavy atom. The average Bonchev–Trinajstić information content (AvgIpc) is 2.91. The predicted molar refractivity (Wildman–Crippen MR) is 76.6 cm³/mol. The number of nitrogens with one attached hydrogen (secondary N) is 1. The molecule has 0 saturated carbocycles. The minimum absolute atomic E-state index is 0.0833. The summed E-state index contributed by atoms with van der Waals surface area (Å²) in [5.41, 5.74) is -1.56. The van der Waals surface area contributed by atoms with E-state index in [0.717, 1.165) is 24.3 Å². The summed E-state index contributed by atoms with van der Waals surface area (Å²) in [7, 11) is 1.69. The molecule has 1 aromatic carbocycles. The molecule has 2 rings (SSSR count). The first-order valence-corrected chi connectivity index (χ1v) is 6.76. The molecule has 0 spiro atoms. The fourth-order valence-corrected chi connectivity index (χ4v) is 1.97. The van der Waals surface area contributed by atoms with Crippen molar-refractivity contribution in [2.75, 3.05) is 6.54 Å². The summed E-state index contributed by atoms with van der Waals surface area (Å²) in [4.78, 5) is 12.0. The van der Waals surface area contributed by atoms with Crippen LogP contribution < -0.4 is 5.32 Å². The van der Waals surface area contributed by atoms with Crippen molar-refractivity contribution in [1.29, 1.82) is 0 Å². The maximum atomic E-state index is 12.5. The highest BCUT2D eigenvalue weighted by atomic mass is 19.4. The molecule has 0 fully saturated rings. The Bertz CT molecular complexity index is 691. The van der Waals surface area contributed by atoms with E-state index in [-0.39, 0.29) is 12.1 Å². The van der Waals surface area contributed by atoms with E-state index in [4.69, 9.17) is 0 Å². The SMILES string of the molecule is Cn1cc(C(C)(O)CNC(=O)c2ccc(C(F)(F)F)cc2)cn1. The molecule has 5 nitrogen and oxygen atoms in total. The van der Waals surface area contributed by atoms with Gasteiger partial charge in [0.1, 0.15) is 5.60 Å². The van der Waals surface area contributed by atoms with Crippen LogP contribution in [0.15, 0.2) is 36.7 Å². The van der Waals surface area contributed by atoms with Gasteiger partial charge in [0, 0.05) is 24.4 Å². The van der Waals surface area contributed by atoms with Gasteiger partial charge in [0.2, 0.25) is 0 Å². The van der Waals surface area contributed by atoms with Crippen molar-refractivity contribution < 1.29 is 23.1 Å². The van der Waals surface area contributed by atoms with Crippen LogP contribution in [-0.4, -0.2) is 27.3 Å². The van der Waals surface area contributed by atoms with Crippen LogP contribution in [0.25, 0.3) is 0 Å². The lowest BCUT2D eigenvalue weighted by Gasteiger charge is -2.22. The first-order valence-electron chi connectivity index (χ1n) is 6.76. The number of aromatic nitrogens is 2. The second-order valence-electron chi connectivity index (χ2n) is 5.43. The third kappa shape index (κ3) is 4.10. The number of benzene rings is 1. The van der Waals surface area contributed by atoms with Crippen LogP contribution in [0.3, 0.4) is 0 Å². The number of rotatable bonds is 4. The van der Waals surface area contributed by atoms with Gasteiger partial charge in [-0.25, -0.2) is 0 Å². The van der Waals surface area contributed by atoms with Crippen molar-refractivity contribution in [3.63, 3.8) is 0 Å². The Morgan fingerprint density at radius 1 is 1.26 bits per heavy atom. The highest BCUT2D eigenvalue weighted by Crippen LogP contribution is 2.29. The molecule has 0 aliphatic carbocycles. The molecule has 8 heteroatoms. The molecule has 0 radical (unpaired) electrons. The van der Waals surface area contributed by atoms with Gasteiger partial charge in [-0.15, -0.1) is 0 Å². The Balaban J connectivity index is 2.02. The monoisotopic (exact) mass is 327 g/mol. The zero-order chi connectivity index (χ0) is 17.3. The van der Waals surface area contributed by atoms with Gasteiger partial charge in [0.05, 0.1) is 18.3 Å². The minimum atomic E-state index is -4.45. The molecule has 124 valence electrons. The Kier molecular flexibility index (Phi) is 4.46. The lowest BCUT2D eigenvalue weighted by molar-refractivity contribution is -0.137. The molecule has 0 bridgehead atoms. The number of aryl methyl sites for hydroxylation is 1. The second kappa shape index (κ2) is 6.04. The molecule has 1 aromatic heterocycles. The Hall–Kier alpha value is -2.35. The number of halogens is 3. The predicted octanol–water partition coefficient (Wildman–Crippen LogP) is 2.08. The third-order valence-corrected chi connectivity index (χ3v) is 3.39. The molecule has 2 N–H and O–H groups in total. The van der Waals surface area contributed by atoms with Gasteiger partial charge in [-0.2, -0.15) is 18.3 Å². The highest BCUT2D eigenvalue weighted by Gasteiger charge is 2.30. The summed E-state index contributed by atoms with van der Waals surface area (Å²) in [5, 5.41) is 16.8. The molecule has 23 heavy (non-hydrogen) atoms.